The van der Waals surface area contributed by atoms with Gasteiger partial charge in [0.15, 0.2) is 5.82 Å². The van der Waals surface area contributed by atoms with Gasteiger partial charge in [0.2, 0.25) is 11.9 Å². The molecule has 0 bridgehead atoms. The number of fused-ring (bicyclic) bond motifs is 1. The van der Waals surface area contributed by atoms with Crippen LogP contribution in [0.15, 0.2) is 18.2 Å². The Hall–Kier alpha value is -2.11. The van der Waals surface area contributed by atoms with E-state index in [0.29, 0.717) is 30.9 Å². The average molecular weight is 278 g/mol. The Kier molecular flexibility index (Phi) is 4.22. The Morgan fingerprint density at radius 1 is 1.50 bits per heavy atom. The Balaban J connectivity index is 2.08. The number of carbonyl (C=O) groups is 1. The summed E-state index contributed by atoms with van der Waals surface area (Å²) in [6.45, 7) is 5.10. The predicted octanol–water partition coefficient (Wildman–Crippen LogP) is 1.92. The van der Waals surface area contributed by atoms with Crippen molar-refractivity contribution in [2.24, 2.45) is 5.92 Å². The second-order valence-electron chi connectivity index (χ2n) is 5.18. The van der Waals surface area contributed by atoms with Crippen LogP contribution in [0.5, 0.6) is 0 Å². The number of carbonyl (C=O) groups excluding carboxylic acids is 1. The lowest BCUT2D eigenvalue weighted by atomic mass is 10.2. The third kappa shape index (κ3) is 3.07. The van der Waals surface area contributed by atoms with Crippen LogP contribution in [-0.2, 0) is 11.3 Å². The fourth-order valence-electron chi connectivity index (χ4n) is 1.99. The van der Waals surface area contributed by atoms with Crippen LogP contribution in [0.1, 0.15) is 20.3 Å². The van der Waals surface area contributed by atoms with Crippen molar-refractivity contribution in [1.29, 1.82) is 0 Å². The summed E-state index contributed by atoms with van der Waals surface area (Å²) < 4.78 is 15.2. The van der Waals surface area contributed by atoms with Gasteiger partial charge in [0.25, 0.3) is 0 Å². The minimum absolute atomic E-state index is 0.0450. The fraction of sp³-hybridized carbons (Fsp3) is 0.429. The maximum Gasteiger partial charge on any atom is 0.221 e. The largest absolute Gasteiger partial charge is 0.369 e. The van der Waals surface area contributed by atoms with Gasteiger partial charge in [-0.25, -0.2) is 9.37 Å². The summed E-state index contributed by atoms with van der Waals surface area (Å²) in [5.74, 6) is 0.183. The fourth-order valence-corrected chi connectivity index (χ4v) is 1.99. The number of nitrogen functional groups attached to an aromatic ring is 1. The lowest BCUT2D eigenvalue weighted by Gasteiger charge is -2.09. The number of nitrogens with zero attached hydrogens (tertiary/aromatic N) is 2. The van der Waals surface area contributed by atoms with Crippen LogP contribution in [0.2, 0.25) is 0 Å². The summed E-state index contributed by atoms with van der Waals surface area (Å²) in [5.41, 5.74) is 6.64. The third-order valence-electron chi connectivity index (χ3n) is 3.03. The van der Waals surface area contributed by atoms with Gasteiger partial charge in [-0.05, 0) is 18.1 Å². The number of nitrogens with one attached hydrogen (secondary N) is 1. The van der Waals surface area contributed by atoms with E-state index in [4.69, 9.17) is 5.73 Å². The lowest BCUT2D eigenvalue weighted by Crippen LogP contribution is -2.28. The normalized spacial score (nSPS) is 11.2. The number of benzene rings is 1. The Morgan fingerprint density at radius 2 is 2.25 bits per heavy atom. The van der Waals surface area contributed by atoms with E-state index in [9.17, 15) is 9.18 Å². The van der Waals surface area contributed by atoms with Gasteiger partial charge in [-0.1, -0.05) is 19.9 Å². The van der Waals surface area contributed by atoms with Crippen LogP contribution in [0.3, 0.4) is 0 Å². The van der Waals surface area contributed by atoms with Crippen molar-refractivity contribution < 1.29 is 9.18 Å². The van der Waals surface area contributed by atoms with E-state index in [1.807, 2.05) is 13.8 Å². The quantitative estimate of drug-likeness (QED) is 0.877. The first-order valence-corrected chi connectivity index (χ1v) is 6.66. The maximum absolute atomic E-state index is 13.6. The number of rotatable bonds is 5. The minimum atomic E-state index is -0.405. The molecule has 0 saturated heterocycles. The molecule has 2 rings (SSSR count). The molecule has 0 unspecified atom stereocenters. The SMILES string of the molecule is CC(C)CNC(=O)CCn1c(N)nc2c(F)cccc21. The standard InChI is InChI=1S/C14H19FN4O/c1-9(2)8-17-12(20)6-7-19-11-5-3-4-10(15)13(11)18-14(19)16/h3-5,9H,6-8H2,1-2H3,(H2,16,18)(H,17,20). The van der Waals surface area contributed by atoms with Gasteiger partial charge in [0.1, 0.15) is 5.52 Å². The maximum atomic E-state index is 13.6. The van der Waals surface area contributed by atoms with E-state index in [2.05, 4.69) is 10.3 Å². The number of hydrogen-bond acceptors (Lipinski definition) is 3. The Labute approximate surface area is 117 Å². The molecule has 6 heteroatoms. The molecule has 1 amide bonds. The number of halogens is 1. The number of imidazole rings is 1. The molecule has 1 heterocycles. The third-order valence-corrected chi connectivity index (χ3v) is 3.03. The highest BCUT2D eigenvalue weighted by Gasteiger charge is 2.12. The van der Waals surface area contributed by atoms with Crippen molar-refractivity contribution in [3.8, 4) is 0 Å². The van der Waals surface area contributed by atoms with Gasteiger partial charge in [0.05, 0.1) is 5.52 Å². The van der Waals surface area contributed by atoms with Crippen molar-refractivity contribution in [1.82, 2.24) is 14.9 Å². The summed E-state index contributed by atoms with van der Waals surface area (Å²) >= 11 is 0. The van der Waals surface area contributed by atoms with Gasteiger partial charge >= 0.3 is 0 Å². The highest BCUT2D eigenvalue weighted by molar-refractivity contribution is 5.80. The zero-order valence-electron chi connectivity index (χ0n) is 11.7. The predicted molar refractivity (Wildman–Crippen MR) is 76.6 cm³/mol. The van der Waals surface area contributed by atoms with Gasteiger partial charge in [0, 0.05) is 19.5 Å². The van der Waals surface area contributed by atoms with Crippen molar-refractivity contribution >= 4 is 22.9 Å². The van der Waals surface area contributed by atoms with E-state index in [0.717, 1.165) is 0 Å². The van der Waals surface area contributed by atoms with Crippen LogP contribution in [-0.4, -0.2) is 22.0 Å². The highest BCUT2D eigenvalue weighted by Crippen LogP contribution is 2.20. The summed E-state index contributed by atoms with van der Waals surface area (Å²) in [5, 5.41) is 2.84. The Morgan fingerprint density at radius 3 is 2.95 bits per heavy atom. The summed E-state index contributed by atoms with van der Waals surface area (Å²) in [4.78, 5) is 15.7. The summed E-state index contributed by atoms with van der Waals surface area (Å²) in [6.07, 6.45) is 0.291. The average Bonchev–Trinajstić information content (AvgIpc) is 2.71. The van der Waals surface area contributed by atoms with E-state index in [1.54, 1.807) is 16.7 Å². The lowest BCUT2D eigenvalue weighted by molar-refractivity contribution is -0.121. The van der Waals surface area contributed by atoms with E-state index in [-0.39, 0.29) is 17.4 Å². The topological polar surface area (TPSA) is 72.9 Å². The molecule has 3 N–H and O–H groups in total. The van der Waals surface area contributed by atoms with E-state index >= 15 is 0 Å². The molecule has 0 aliphatic rings. The van der Waals surface area contributed by atoms with Gasteiger partial charge < -0.3 is 15.6 Å². The first-order valence-electron chi connectivity index (χ1n) is 6.66. The van der Waals surface area contributed by atoms with Gasteiger partial charge in [-0.3, -0.25) is 4.79 Å². The monoisotopic (exact) mass is 278 g/mol. The van der Waals surface area contributed by atoms with E-state index in [1.165, 1.54) is 6.07 Å². The molecule has 1 aromatic heterocycles. The molecule has 108 valence electrons. The number of anilines is 1. The summed E-state index contributed by atoms with van der Waals surface area (Å²) in [6, 6.07) is 4.69. The molecule has 1 aromatic carbocycles. The van der Waals surface area contributed by atoms with Gasteiger partial charge in [-0.15, -0.1) is 0 Å². The van der Waals surface area contributed by atoms with Crippen molar-refractivity contribution in [3.63, 3.8) is 0 Å². The zero-order valence-corrected chi connectivity index (χ0v) is 11.7. The van der Waals surface area contributed by atoms with Crippen LogP contribution >= 0.6 is 0 Å². The molecule has 0 radical (unpaired) electrons. The van der Waals surface area contributed by atoms with E-state index < -0.39 is 5.82 Å². The number of para-hydroxylation sites is 1. The molecule has 2 aromatic rings. The molecule has 0 saturated carbocycles. The van der Waals surface area contributed by atoms with Crippen molar-refractivity contribution in [3.05, 3.63) is 24.0 Å². The molecule has 0 aliphatic heterocycles. The number of aryl methyl sites for hydroxylation is 1. The minimum Gasteiger partial charge on any atom is -0.369 e. The molecule has 0 fully saturated rings. The summed E-state index contributed by atoms with van der Waals surface area (Å²) in [7, 11) is 0. The molecule has 0 aliphatic carbocycles. The molecular weight excluding hydrogens is 259 g/mol. The van der Waals surface area contributed by atoms with Gasteiger partial charge in [-0.2, -0.15) is 0 Å². The second kappa shape index (κ2) is 5.90. The molecule has 0 spiro atoms. The Bertz CT molecular complexity index is 621. The first kappa shape index (κ1) is 14.3. The van der Waals surface area contributed by atoms with Crippen molar-refractivity contribution in [2.75, 3.05) is 12.3 Å². The van der Waals surface area contributed by atoms with Crippen LogP contribution in [0, 0.1) is 11.7 Å². The smallest absolute Gasteiger partial charge is 0.221 e. The van der Waals surface area contributed by atoms with Crippen LogP contribution in [0.25, 0.3) is 11.0 Å². The second-order valence-corrected chi connectivity index (χ2v) is 5.18. The molecule has 0 atom stereocenters. The van der Waals surface area contributed by atoms with Crippen molar-refractivity contribution in [2.45, 2.75) is 26.8 Å². The first-order chi connectivity index (χ1) is 9.49. The number of nitrogens with two attached hydrogens (primary N) is 1. The highest BCUT2D eigenvalue weighted by atomic mass is 19.1. The molecule has 5 nitrogen and oxygen atoms in total. The molecular formula is C14H19FN4O. The zero-order chi connectivity index (χ0) is 14.7. The van der Waals surface area contributed by atoms with Crippen LogP contribution < -0.4 is 11.1 Å². The van der Waals surface area contributed by atoms with Crippen LogP contribution in [0.4, 0.5) is 10.3 Å². The number of aromatic nitrogens is 2. The number of amides is 1. The number of hydrogen-bond donors (Lipinski definition) is 2. The molecule has 20 heavy (non-hydrogen) atoms.